The highest BCUT2D eigenvalue weighted by Gasteiger charge is 2.24. The van der Waals surface area contributed by atoms with Gasteiger partial charge in [0.1, 0.15) is 0 Å². The number of carbonyl (C=O) groups is 2. The lowest BCUT2D eigenvalue weighted by molar-refractivity contribution is -0.123. The number of esters is 1. The van der Waals surface area contributed by atoms with E-state index in [-0.39, 0.29) is 16.4 Å². The van der Waals surface area contributed by atoms with Gasteiger partial charge in [-0.05, 0) is 43.0 Å². The summed E-state index contributed by atoms with van der Waals surface area (Å²) in [4.78, 5) is 24.8. The quantitative estimate of drug-likeness (QED) is 0.711. The van der Waals surface area contributed by atoms with E-state index in [9.17, 15) is 18.0 Å². The summed E-state index contributed by atoms with van der Waals surface area (Å²) in [6.07, 6.45) is 0.839. The Kier molecular flexibility index (Phi) is 6.96. The number of amides is 1. The number of para-hydroxylation sites is 1. The van der Waals surface area contributed by atoms with E-state index < -0.39 is 27.8 Å². The maximum absolute atomic E-state index is 12.5. The normalized spacial score (nSPS) is 13.4. The molecule has 0 aliphatic heterocycles. The molecular weight excluding hydrogens is 378 g/mol. The topological polar surface area (TPSA) is 89.5 Å². The molecule has 7 heteroatoms. The lowest BCUT2D eigenvalue weighted by Gasteiger charge is -2.18. The lowest BCUT2D eigenvalue weighted by Crippen LogP contribution is -2.30. The van der Waals surface area contributed by atoms with Crippen LogP contribution >= 0.6 is 0 Å². The second-order valence-electron chi connectivity index (χ2n) is 6.70. The molecule has 0 heterocycles. The minimum atomic E-state index is -3.60. The van der Waals surface area contributed by atoms with Crippen molar-refractivity contribution >= 4 is 27.4 Å². The summed E-state index contributed by atoms with van der Waals surface area (Å²) in [5, 5.41) is 2.79. The van der Waals surface area contributed by atoms with Crippen LogP contribution in [0, 0.1) is 0 Å². The Morgan fingerprint density at radius 2 is 1.64 bits per heavy atom. The fourth-order valence-electron chi connectivity index (χ4n) is 2.73. The van der Waals surface area contributed by atoms with Gasteiger partial charge in [-0.1, -0.05) is 44.2 Å². The van der Waals surface area contributed by atoms with E-state index in [1.807, 2.05) is 18.2 Å². The number of hydrogen-bond donors (Lipinski definition) is 1. The van der Waals surface area contributed by atoms with Gasteiger partial charge >= 0.3 is 5.97 Å². The van der Waals surface area contributed by atoms with Crippen LogP contribution in [-0.2, 0) is 19.4 Å². The molecule has 28 heavy (non-hydrogen) atoms. The van der Waals surface area contributed by atoms with E-state index in [0.717, 1.165) is 18.2 Å². The zero-order valence-corrected chi connectivity index (χ0v) is 17.2. The highest BCUT2D eigenvalue weighted by molar-refractivity contribution is 7.90. The molecule has 2 atom stereocenters. The predicted octanol–water partition coefficient (Wildman–Crippen LogP) is 3.79. The third-order valence-electron chi connectivity index (χ3n) is 4.52. The molecule has 0 radical (unpaired) electrons. The maximum atomic E-state index is 12.5. The summed E-state index contributed by atoms with van der Waals surface area (Å²) in [5.74, 6) is -1.09. The van der Waals surface area contributed by atoms with Crippen LogP contribution in [-0.4, -0.2) is 32.7 Å². The van der Waals surface area contributed by atoms with Crippen molar-refractivity contribution in [3.63, 3.8) is 0 Å². The third-order valence-corrected chi connectivity index (χ3v) is 5.68. The smallest absolute Gasteiger partial charge is 0.340 e. The first-order chi connectivity index (χ1) is 13.1. The van der Waals surface area contributed by atoms with Gasteiger partial charge in [0.2, 0.25) is 0 Å². The van der Waals surface area contributed by atoms with Crippen LogP contribution < -0.4 is 5.32 Å². The molecule has 150 valence electrons. The second-order valence-corrected chi connectivity index (χ2v) is 8.69. The molecule has 0 fully saturated rings. The average Bonchev–Trinajstić information content (AvgIpc) is 2.67. The van der Waals surface area contributed by atoms with Crippen LogP contribution in [0.25, 0.3) is 0 Å². The number of rotatable bonds is 7. The molecule has 1 amide bonds. The van der Waals surface area contributed by atoms with Crippen LogP contribution in [0.5, 0.6) is 0 Å². The third kappa shape index (κ3) is 5.19. The fraction of sp³-hybridized carbons (Fsp3) is 0.333. The zero-order valence-electron chi connectivity index (χ0n) is 16.4. The standard InChI is InChI=1S/C21H25NO5S/c1-5-14(2)16-10-6-8-12-18(16)22-20(23)15(3)27-21(24)17-11-7-9-13-19(17)28(4,25)26/h6-15H,5H2,1-4H3,(H,22,23)/t14-,15+/m1/s1. The van der Waals surface area contributed by atoms with E-state index in [0.29, 0.717) is 5.69 Å². The van der Waals surface area contributed by atoms with Crippen molar-refractivity contribution in [1.29, 1.82) is 0 Å². The molecule has 0 saturated heterocycles. The first-order valence-electron chi connectivity index (χ1n) is 9.05. The molecular formula is C21H25NO5S. The number of nitrogens with one attached hydrogen (secondary N) is 1. The molecule has 0 spiro atoms. The Morgan fingerprint density at radius 1 is 1.04 bits per heavy atom. The number of benzene rings is 2. The van der Waals surface area contributed by atoms with E-state index in [2.05, 4.69) is 19.2 Å². The van der Waals surface area contributed by atoms with E-state index in [1.165, 1.54) is 25.1 Å². The van der Waals surface area contributed by atoms with Gasteiger partial charge < -0.3 is 10.1 Å². The van der Waals surface area contributed by atoms with Crippen LogP contribution in [0.2, 0.25) is 0 Å². The maximum Gasteiger partial charge on any atom is 0.340 e. The predicted molar refractivity (Wildman–Crippen MR) is 108 cm³/mol. The summed E-state index contributed by atoms with van der Waals surface area (Å²) in [6, 6.07) is 13.2. The molecule has 0 aliphatic carbocycles. The van der Waals surface area contributed by atoms with Crippen molar-refractivity contribution in [3.05, 3.63) is 59.7 Å². The monoisotopic (exact) mass is 403 g/mol. The van der Waals surface area contributed by atoms with Gasteiger partial charge in [0.15, 0.2) is 15.9 Å². The molecule has 0 aromatic heterocycles. The van der Waals surface area contributed by atoms with Gasteiger partial charge in [-0.15, -0.1) is 0 Å². The molecule has 1 N–H and O–H groups in total. The van der Waals surface area contributed by atoms with Crippen molar-refractivity contribution in [3.8, 4) is 0 Å². The Balaban J connectivity index is 2.15. The molecule has 0 aliphatic rings. The summed E-state index contributed by atoms with van der Waals surface area (Å²) in [7, 11) is -3.60. The van der Waals surface area contributed by atoms with Crippen molar-refractivity contribution in [1.82, 2.24) is 0 Å². The van der Waals surface area contributed by atoms with Crippen LogP contribution in [0.1, 0.15) is 49.0 Å². The first-order valence-corrected chi connectivity index (χ1v) is 10.9. The van der Waals surface area contributed by atoms with Gasteiger partial charge in [0.05, 0.1) is 10.5 Å². The SMILES string of the molecule is CC[C@@H](C)c1ccccc1NC(=O)[C@H](C)OC(=O)c1ccccc1S(C)(=O)=O. The number of anilines is 1. The highest BCUT2D eigenvalue weighted by Crippen LogP contribution is 2.26. The second kappa shape index (κ2) is 9.01. The minimum Gasteiger partial charge on any atom is -0.449 e. The largest absolute Gasteiger partial charge is 0.449 e. The van der Waals surface area contributed by atoms with Crippen LogP contribution in [0.15, 0.2) is 53.4 Å². The van der Waals surface area contributed by atoms with E-state index >= 15 is 0 Å². The van der Waals surface area contributed by atoms with Crippen LogP contribution in [0.4, 0.5) is 5.69 Å². The molecule has 2 aromatic carbocycles. The minimum absolute atomic E-state index is 0.0929. The van der Waals surface area contributed by atoms with Crippen molar-refractivity contribution in [2.75, 3.05) is 11.6 Å². The first kappa shape index (κ1) is 21.6. The summed E-state index contributed by atoms with van der Waals surface area (Å²) in [5.41, 5.74) is 1.57. The molecule has 6 nitrogen and oxygen atoms in total. The van der Waals surface area contributed by atoms with Gasteiger partial charge in [-0.2, -0.15) is 0 Å². The fourth-order valence-corrected chi connectivity index (χ4v) is 3.61. The number of hydrogen-bond acceptors (Lipinski definition) is 5. The number of carbonyl (C=O) groups excluding carboxylic acids is 2. The van der Waals surface area contributed by atoms with Crippen molar-refractivity contribution in [2.24, 2.45) is 0 Å². The van der Waals surface area contributed by atoms with E-state index in [4.69, 9.17) is 4.74 Å². The molecule has 2 rings (SSSR count). The summed E-state index contributed by atoms with van der Waals surface area (Å²) < 4.78 is 28.9. The summed E-state index contributed by atoms with van der Waals surface area (Å²) >= 11 is 0. The molecule has 0 unspecified atom stereocenters. The lowest BCUT2D eigenvalue weighted by atomic mass is 9.97. The molecule has 0 saturated carbocycles. The summed E-state index contributed by atoms with van der Waals surface area (Å²) in [6.45, 7) is 5.58. The van der Waals surface area contributed by atoms with Crippen molar-refractivity contribution < 1.29 is 22.7 Å². The Bertz CT molecular complexity index is 968. The Labute approximate surface area is 165 Å². The van der Waals surface area contributed by atoms with Gasteiger partial charge in [0.25, 0.3) is 5.91 Å². The zero-order chi connectivity index (χ0) is 20.9. The number of ether oxygens (including phenoxy) is 1. The highest BCUT2D eigenvalue weighted by atomic mass is 32.2. The van der Waals surface area contributed by atoms with E-state index in [1.54, 1.807) is 12.1 Å². The van der Waals surface area contributed by atoms with Gasteiger partial charge in [-0.3, -0.25) is 4.79 Å². The Morgan fingerprint density at radius 3 is 2.29 bits per heavy atom. The Hall–Kier alpha value is -2.67. The molecule has 2 aromatic rings. The van der Waals surface area contributed by atoms with Crippen LogP contribution in [0.3, 0.4) is 0 Å². The van der Waals surface area contributed by atoms with Gasteiger partial charge in [-0.25, -0.2) is 13.2 Å². The van der Waals surface area contributed by atoms with Crippen molar-refractivity contribution in [2.45, 2.75) is 44.1 Å². The molecule has 0 bridgehead atoms. The van der Waals surface area contributed by atoms with Gasteiger partial charge in [0, 0.05) is 11.9 Å². The number of sulfone groups is 1. The average molecular weight is 404 g/mol.